The first-order valence-corrected chi connectivity index (χ1v) is 8.45. The Labute approximate surface area is 150 Å². The van der Waals surface area contributed by atoms with Crippen molar-refractivity contribution in [2.75, 3.05) is 13.1 Å². The number of pyridine rings is 1. The van der Waals surface area contributed by atoms with Crippen molar-refractivity contribution in [1.29, 1.82) is 0 Å². The van der Waals surface area contributed by atoms with Crippen molar-refractivity contribution in [2.24, 2.45) is 0 Å². The first-order valence-electron chi connectivity index (χ1n) is 8.45. The lowest BCUT2D eigenvalue weighted by molar-refractivity contribution is -0.129. The molecule has 8 heteroatoms. The first-order chi connectivity index (χ1) is 12.8. The highest BCUT2D eigenvalue weighted by atomic mass is 16.5. The number of carbonyl (C=O) groups excluding carboxylic acids is 1. The van der Waals surface area contributed by atoms with Crippen LogP contribution in [0, 0.1) is 0 Å². The maximum atomic E-state index is 12.5. The van der Waals surface area contributed by atoms with Gasteiger partial charge in [-0.25, -0.2) is 4.68 Å². The molecule has 0 radical (unpaired) electrons. The zero-order valence-corrected chi connectivity index (χ0v) is 14.1. The fourth-order valence-electron chi connectivity index (χ4n) is 2.99. The van der Waals surface area contributed by atoms with Crippen molar-refractivity contribution in [3.63, 3.8) is 0 Å². The molecule has 0 N–H and O–H groups in total. The van der Waals surface area contributed by atoms with Crippen LogP contribution in [0.5, 0.6) is 5.75 Å². The van der Waals surface area contributed by atoms with E-state index in [2.05, 4.69) is 20.5 Å². The fourth-order valence-corrected chi connectivity index (χ4v) is 2.99. The molecule has 1 atom stereocenters. The number of carbonyl (C=O) groups is 1. The molecule has 0 saturated carbocycles. The van der Waals surface area contributed by atoms with E-state index in [0.717, 1.165) is 23.4 Å². The number of hydrogen-bond donors (Lipinski definition) is 0. The summed E-state index contributed by atoms with van der Waals surface area (Å²) in [5, 5.41) is 11.1. The second-order valence-electron chi connectivity index (χ2n) is 6.15. The average molecular weight is 350 g/mol. The molecule has 26 heavy (non-hydrogen) atoms. The molecule has 1 aliphatic heterocycles. The SMILES string of the molecule is O=C(Cc1ccc(-n2cnnn2)cc1)N1CCC(Oc2cccnc2)C1. The van der Waals surface area contributed by atoms with Gasteiger partial charge in [0, 0.05) is 19.2 Å². The van der Waals surface area contributed by atoms with E-state index in [1.54, 1.807) is 17.1 Å². The Bertz CT molecular complexity index is 851. The van der Waals surface area contributed by atoms with Gasteiger partial charge in [0.25, 0.3) is 0 Å². The number of rotatable bonds is 5. The lowest BCUT2D eigenvalue weighted by Crippen LogP contribution is -2.32. The van der Waals surface area contributed by atoms with Gasteiger partial charge in [0.1, 0.15) is 18.2 Å². The average Bonchev–Trinajstić information content (AvgIpc) is 3.35. The lowest BCUT2D eigenvalue weighted by atomic mass is 10.1. The smallest absolute Gasteiger partial charge is 0.227 e. The Morgan fingerprint density at radius 1 is 1.23 bits per heavy atom. The molecule has 4 rings (SSSR count). The molecule has 1 saturated heterocycles. The second-order valence-corrected chi connectivity index (χ2v) is 6.15. The summed E-state index contributed by atoms with van der Waals surface area (Å²) in [6, 6.07) is 11.4. The van der Waals surface area contributed by atoms with E-state index in [-0.39, 0.29) is 12.0 Å². The fraction of sp³-hybridized carbons (Fsp3) is 0.278. The van der Waals surface area contributed by atoms with Crippen molar-refractivity contribution in [3.05, 3.63) is 60.7 Å². The molecule has 0 aliphatic carbocycles. The van der Waals surface area contributed by atoms with Crippen LogP contribution in [0.2, 0.25) is 0 Å². The van der Waals surface area contributed by atoms with E-state index in [1.807, 2.05) is 41.3 Å². The molecular weight excluding hydrogens is 332 g/mol. The lowest BCUT2D eigenvalue weighted by Gasteiger charge is -2.17. The highest BCUT2D eigenvalue weighted by Crippen LogP contribution is 2.18. The minimum Gasteiger partial charge on any atom is -0.487 e. The summed E-state index contributed by atoms with van der Waals surface area (Å²) in [6.07, 6.45) is 6.16. The van der Waals surface area contributed by atoms with E-state index < -0.39 is 0 Å². The van der Waals surface area contributed by atoms with Gasteiger partial charge >= 0.3 is 0 Å². The zero-order valence-electron chi connectivity index (χ0n) is 14.1. The van der Waals surface area contributed by atoms with Gasteiger partial charge in [0.05, 0.1) is 24.8 Å². The molecule has 3 heterocycles. The molecule has 0 spiro atoms. The van der Waals surface area contributed by atoms with Gasteiger partial charge < -0.3 is 9.64 Å². The first kappa shape index (κ1) is 16.2. The predicted molar refractivity (Wildman–Crippen MR) is 92.7 cm³/mol. The third-order valence-corrected chi connectivity index (χ3v) is 4.34. The number of tetrazole rings is 1. The summed E-state index contributed by atoms with van der Waals surface area (Å²) < 4.78 is 7.46. The van der Waals surface area contributed by atoms with Gasteiger partial charge in [0.15, 0.2) is 0 Å². The summed E-state index contributed by atoms with van der Waals surface area (Å²) in [7, 11) is 0. The van der Waals surface area contributed by atoms with Crippen molar-refractivity contribution in [2.45, 2.75) is 18.9 Å². The van der Waals surface area contributed by atoms with Gasteiger partial charge in [-0.2, -0.15) is 0 Å². The van der Waals surface area contributed by atoms with Crippen LogP contribution in [-0.2, 0) is 11.2 Å². The van der Waals surface area contributed by atoms with Crippen LogP contribution < -0.4 is 4.74 Å². The Balaban J connectivity index is 1.32. The minimum absolute atomic E-state index is 0.0188. The quantitative estimate of drug-likeness (QED) is 0.689. The Morgan fingerprint density at radius 2 is 2.12 bits per heavy atom. The molecule has 8 nitrogen and oxygen atoms in total. The summed E-state index contributed by atoms with van der Waals surface area (Å²) in [6.45, 7) is 1.32. The van der Waals surface area contributed by atoms with E-state index in [1.165, 1.54) is 6.33 Å². The van der Waals surface area contributed by atoms with Crippen molar-refractivity contribution < 1.29 is 9.53 Å². The van der Waals surface area contributed by atoms with Gasteiger partial charge in [-0.1, -0.05) is 12.1 Å². The molecule has 3 aromatic rings. The van der Waals surface area contributed by atoms with Crippen LogP contribution in [0.4, 0.5) is 0 Å². The number of benzene rings is 1. The zero-order chi connectivity index (χ0) is 17.8. The Hall–Kier alpha value is -3.29. The topological polar surface area (TPSA) is 86.0 Å². The van der Waals surface area contributed by atoms with Gasteiger partial charge in [-0.3, -0.25) is 9.78 Å². The molecule has 0 bridgehead atoms. The van der Waals surface area contributed by atoms with Gasteiger partial charge in [0.2, 0.25) is 5.91 Å². The molecule has 1 aromatic carbocycles. The van der Waals surface area contributed by atoms with E-state index in [0.29, 0.717) is 19.5 Å². The number of amides is 1. The van der Waals surface area contributed by atoms with Crippen LogP contribution >= 0.6 is 0 Å². The standard InChI is InChI=1S/C18H18N6O2/c25-18(10-14-3-5-15(6-4-14)24-13-20-21-22-24)23-9-7-17(12-23)26-16-2-1-8-19-11-16/h1-6,8,11,13,17H,7,9-10,12H2. The number of ether oxygens (including phenoxy) is 1. The summed E-state index contributed by atoms with van der Waals surface area (Å²) in [5.74, 6) is 0.849. The third kappa shape index (κ3) is 3.69. The summed E-state index contributed by atoms with van der Waals surface area (Å²) in [5.41, 5.74) is 1.82. The van der Waals surface area contributed by atoms with Crippen LogP contribution in [-0.4, -0.2) is 55.2 Å². The Morgan fingerprint density at radius 3 is 2.85 bits per heavy atom. The van der Waals surface area contributed by atoms with E-state index in [4.69, 9.17) is 4.74 Å². The maximum absolute atomic E-state index is 12.5. The van der Waals surface area contributed by atoms with Crippen LogP contribution in [0.3, 0.4) is 0 Å². The monoisotopic (exact) mass is 350 g/mol. The largest absolute Gasteiger partial charge is 0.487 e. The van der Waals surface area contributed by atoms with Gasteiger partial charge in [-0.15, -0.1) is 5.10 Å². The molecule has 1 amide bonds. The number of nitrogens with zero attached hydrogens (tertiary/aromatic N) is 6. The molecule has 2 aromatic heterocycles. The van der Waals surface area contributed by atoms with Crippen molar-refractivity contribution >= 4 is 5.91 Å². The van der Waals surface area contributed by atoms with Gasteiger partial charge in [-0.05, 0) is 40.3 Å². The molecule has 1 aliphatic rings. The molecule has 1 fully saturated rings. The van der Waals surface area contributed by atoms with E-state index in [9.17, 15) is 4.79 Å². The van der Waals surface area contributed by atoms with Crippen LogP contribution in [0.15, 0.2) is 55.1 Å². The van der Waals surface area contributed by atoms with Crippen molar-refractivity contribution in [3.8, 4) is 11.4 Å². The predicted octanol–water partition coefficient (Wildman–Crippen LogP) is 1.28. The summed E-state index contributed by atoms with van der Waals surface area (Å²) in [4.78, 5) is 18.4. The molecule has 132 valence electrons. The molecule has 1 unspecified atom stereocenters. The number of aromatic nitrogens is 5. The minimum atomic E-state index is 0.0188. The van der Waals surface area contributed by atoms with Crippen LogP contribution in [0.1, 0.15) is 12.0 Å². The van der Waals surface area contributed by atoms with E-state index >= 15 is 0 Å². The van der Waals surface area contributed by atoms with Crippen molar-refractivity contribution in [1.82, 2.24) is 30.1 Å². The number of likely N-dealkylation sites (tertiary alicyclic amines) is 1. The Kier molecular flexibility index (Phi) is 4.55. The summed E-state index contributed by atoms with van der Waals surface area (Å²) >= 11 is 0. The highest BCUT2D eigenvalue weighted by Gasteiger charge is 2.27. The maximum Gasteiger partial charge on any atom is 0.227 e. The normalized spacial score (nSPS) is 16.6. The second kappa shape index (κ2) is 7.30. The third-order valence-electron chi connectivity index (χ3n) is 4.34. The number of hydrogen-bond acceptors (Lipinski definition) is 6. The molecular formula is C18H18N6O2. The highest BCUT2D eigenvalue weighted by molar-refractivity contribution is 5.79. The van der Waals surface area contributed by atoms with Crippen LogP contribution in [0.25, 0.3) is 5.69 Å².